The monoisotopic (exact) mass is 254 g/mol. The highest BCUT2D eigenvalue weighted by atomic mass is 32.1. The van der Waals surface area contributed by atoms with Crippen molar-refractivity contribution in [2.24, 2.45) is 5.92 Å². The number of carbonyl (C=O) groups is 1. The van der Waals surface area contributed by atoms with Gasteiger partial charge >= 0.3 is 0 Å². The molecule has 0 aromatic carbocycles. The van der Waals surface area contributed by atoms with Gasteiger partial charge < -0.3 is 10.4 Å². The van der Waals surface area contributed by atoms with Gasteiger partial charge in [0.15, 0.2) is 0 Å². The van der Waals surface area contributed by atoms with Gasteiger partial charge in [-0.15, -0.1) is 11.3 Å². The van der Waals surface area contributed by atoms with E-state index in [9.17, 15) is 9.90 Å². The number of aryl methyl sites for hydroxylation is 1. The van der Waals surface area contributed by atoms with Gasteiger partial charge in [-0.1, -0.05) is 12.8 Å². The zero-order valence-corrected chi connectivity index (χ0v) is 10.8. The average Bonchev–Trinajstić information content (AvgIpc) is 2.74. The molecule has 2 N–H and O–H groups in total. The standard InChI is InChI=1S/C12H18N2O2S/c1-8-14-10(7-17-8)12(16)13-6-9-4-2-3-5-11(9)15/h7,9,11,15H,2-6H2,1H3,(H,13,16). The highest BCUT2D eigenvalue weighted by Crippen LogP contribution is 2.23. The first-order valence-electron chi connectivity index (χ1n) is 6.05. The van der Waals surface area contributed by atoms with Crippen LogP contribution in [-0.4, -0.2) is 28.6 Å². The molecule has 0 bridgehead atoms. The van der Waals surface area contributed by atoms with E-state index < -0.39 is 0 Å². The summed E-state index contributed by atoms with van der Waals surface area (Å²) in [6, 6.07) is 0. The molecule has 2 atom stereocenters. The first-order valence-corrected chi connectivity index (χ1v) is 6.93. The summed E-state index contributed by atoms with van der Waals surface area (Å²) in [5, 5.41) is 15.3. The number of thiazole rings is 1. The van der Waals surface area contributed by atoms with Gasteiger partial charge in [0.2, 0.25) is 0 Å². The number of aromatic nitrogens is 1. The van der Waals surface area contributed by atoms with E-state index in [1.165, 1.54) is 11.3 Å². The van der Waals surface area contributed by atoms with E-state index in [2.05, 4.69) is 10.3 Å². The van der Waals surface area contributed by atoms with Crippen LogP contribution in [0.3, 0.4) is 0 Å². The number of aliphatic hydroxyl groups is 1. The molecule has 1 amide bonds. The van der Waals surface area contributed by atoms with Gasteiger partial charge in [-0.2, -0.15) is 0 Å². The SMILES string of the molecule is Cc1nc(C(=O)NCC2CCCCC2O)cs1. The van der Waals surface area contributed by atoms with Gasteiger partial charge in [-0.3, -0.25) is 4.79 Å². The maximum Gasteiger partial charge on any atom is 0.270 e. The molecule has 1 aromatic rings. The highest BCUT2D eigenvalue weighted by Gasteiger charge is 2.23. The van der Waals surface area contributed by atoms with Crippen molar-refractivity contribution in [3.63, 3.8) is 0 Å². The predicted octanol–water partition coefficient (Wildman–Crippen LogP) is 1.73. The van der Waals surface area contributed by atoms with Crippen LogP contribution in [-0.2, 0) is 0 Å². The van der Waals surface area contributed by atoms with Crippen molar-refractivity contribution >= 4 is 17.2 Å². The number of hydrogen-bond donors (Lipinski definition) is 2. The van der Waals surface area contributed by atoms with E-state index >= 15 is 0 Å². The minimum atomic E-state index is -0.263. The second kappa shape index (κ2) is 5.60. The number of aliphatic hydroxyl groups excluding tert-OH is 1. The molecule has 1 fully saturated rings. The fourth-order valence-corrected chi connectivity index (χ4v) is 2.80. The molecule has 1 aromatic heterocycles. The van der Waals surface area contributed by atoms with Crippen LogP contribution < -0.4 is 5.32 Å². The van der Waals surface area contributed by atoms with Crippen molar-refractivity contribution in [1.82, 2.24) is 10.3 Å². The van der Waals surface area contributed by atoms with Crippen LogP contribution in [0, 0.1) is 12.8 Å². The quantitative estimate of drug-likeness (QED) is 0.863. The highest BCUT2D eigenvalue weighted by molar-refractivity contribution is 7.09. The second-order valence-electron chi connectivity index (χ2n) is 4.57. The topological polar surface area (TPSA) is 62.2 Å². The van der Waals surface area contributed by atoms with Crippen molar-refractivity contribution in [3.8, 4) is 0 Å². The zero-order valence-electron chi connectivity index (χ0n) is 9.98. The van der Waals surface area contributed by atoms with Crippen molar-refractivity contribution < 1.29 is 9.90 Å². The van der Waals surface area contributed by atoms with Gasteiger partial charge in [-0.25, -0.2) is 4.98 Å². The molecule has 17 heavy (non-hydrogen) atoms. The van der Waals surface area contributed by atoms with Crippen LogP contribution in [0.4, 0.5) is 0 Å². The Kier molecular flexibility index (Phi) is 4.12. The molecule has 1 heterocycles. The van der Waals surface area contributed by atoms with E-state index in [1.807, 2.05) is 6.92 Å². The molecule has 2 rings (SSSR count). The molecule has 5 heteroatoms. The normalized spacial score (nSPS) is 24.6. The molecule has 0 saturated heterocycles. The molecule has 0 aliphatic heterocycles. The summed E-state index contributed by atoms with van der Waals surface area (Å²) >= 11 is 1.47. The largest absolute Gasteiger partial charge is 0.393 e. The number of amides is 1. The van der Waals surface area contributed by atoms with E-state index in [4.69, 9.17) is 0 Å². The lowest BCUT2D eigenvalue weighted by molar-refractivity contribution is 0.0662. The summed E-state index contributed by atoms with van der Waals surface area (Å²) < 4.78 is 0. The molecule has 2 unspecified atom stereocenters. The minimum Gasteiger partial charge on any atom is -0.393 e. The van der Waals surface area contributed by atoms with Crippen molar-refractivity contribution in [2.75, 3.05) is 6.54 Å². The summed E-state index contributed by atoms with van der Waals surface area (Å²) in [5.74, 6) is 0.0690. The van der Waals surface area contributed by atoms with E-state index in [-0.39, 0.29) is 17.9 Å². The van der Waals surface area contributed by atoms with Crippen molar-refractivity contribution in [1.29, 1.82) is 0 Å². The fourth-order valence-electron chi connectivity index (χ4n) is 2.21. The molecule has 1 saturated carbocycles. The summed E-state index contributed by atoms with van der Waals surface area (Å²) in [4.78, 5) is 15.9. The van der Waals surface area contributed by atoms with Crippen LogP contribution in [0.1, 0.15) is 41.2 Å². The van der Waals surface area contributed by atoms with Crippen LogP contribution in [0.15, 0.2) is 5.38 Å². The maximum absolute atomic E-state index is 11.8. The Morgan fingerprint density at radius 1 is 1.59 bits per heavy atom. The van der Waals surface area contributed by atoms with Crippen molar-refractivity contribution in [3.05, 3.63) is 16.1 Å². The van der Waals surface area contributed by atoms with Gasteiger partial charge in [0, 0.05) is 17.8 Å². The Bertz CT molecular complexity index is 392. The lowest BCUT2D eigenvalue weighted by atomic mass is 9.86. The number of nitrogens with one attached hydrogen (secondary N) is 1. The third-order valence-corrected chi connectivity index (χ3v) is 4.02. The summed E-state index contributed by atoms with van der Waals surface area (Å²) in [6.07, 6.45) is 3.83. The van der Waals surface area contributed by atoms with Gasteiger partial charge in [0.25, 0.3) is 5.91 Å². The third kappa shape index (κ3) is 3.26. The number of carbonyl (C=O) groups excluding carboxylic acids is 1. The molecular weight excluding hydrogens is 236 g/mol. The zero-order chi connectivity index (χ0) is 12.3. The molecule has 1 aliphatic rings. The van der Waals surface area contributed by atoms with Crippen LogP contribution in [0.25, 0.3) is 0 Å². The fraction of sp³-hybridized carbons (Fsp3) is 0.667. The Morgan fingerprint density at radius 3 is 3.00 bits per heavy atom. The lowest BCUT2D eigenvalue weighted by Crippen LogP contribution is -2.36. The Hall–Kier alpha value is -0.940. The number of rotatable bonds is 3. The number of nitrogens with zero attached hydrogens (tertiary/aromatic N) is 1. The minimum absolute atomic E-state index is 0.132. The van der Waals surface area contributed by atoms with E-state index in [1.54, 1.807) is 5.38 Å². The molecule has 1 aliphatic carbocycles. The first kappa shape index (κ1) is 12.5. The molecular formula is C12H18N2O2S. The summed E-state index contributed by atoms with van der Waals surface area (Å²) in [6.45, 7) is 2.43. The lowest BCUT2D eigenvalue weighted by Gasteiger charge is -2.27. The second-order valence-corrected chi connectivity index (χ2v) is 5.64. The Balaban J connectivity index is 1.83. The third-order valence-electron chi connectivity index (χ3n) is 3.25. The first-order chi connectivity index (χ1) is 8.16. The Labute approximate surface area is 105 Å². The smallest absolute Gasteiger partial charge is 0.270 e. The summed E-state index contributed by atoms with van der Waals surface area (Å²) in [7, 11) is 0. The predicted molar refractivity (Wildman–Crippen MR) is 67.1 cm³/mol. The molecule has 0 spiro atoms. The maximum atomic E-state index is 11.8. The molecule has 4 nitrogen and oxygen atoms in total. The van der Waals surface area contributed by atoms with Crippen LogP contribution in [0.2, 0.25) is 0 Å². The van der Waals surface area contributed by atoms with Gasteiger partial charge in [0.05, 0.1) is 11.1 Å². The van der Waals surface area contributed by atoms with E-state index in [0.717, 1.165) is 30.7 Å². The van der Waals surface area contributed by atoms with Gasteiger partial charge in [0.1, 0.15) is 5.69 Å². The van der Waals surface area contributed by atoms with Gasteiger partial charge in [-0.05, 0) is 19.8 Å². The van der Waals surface area contributed by atoms with E-state index in [0.29, 0.717) is 12.2 Å². The average molecular weight is 254 g/mol. The van der Waals surface area contributed by atoms with Crippen LogP contribution >= 0.6 is 11.3 Å². The van der Waals surface area contributed by atoms with Crippen molar-refractivity contribution in [2.45, 2.75) is 38.7 Å². The van der Waals surface area contributed by atoms with Crippen LogP contribution in [0.5, 0.6) is 0 Å². The molecule has 94 valence electrons. The Morgan fingerprint density at radius 2 is 2.35 bits per heavy atom. The summed E-state index contributed by atoms with van der Waals surface area (Å²) in [5.41, 5.74) is 0.484. The molecule has 0 radical (unpaired) electrons. The number of hydrogen-bond acceptors (Lipinski definition) is 4.